The number of furan rings is 1. The summed E-state index contributed by atoms with van der Waals surface area (Å²) in [6.45, 7) is 2.62. The van der Waals surface area contributed by atoms with Gasteiger partial charge in [-0.15, -0.1) is 0 Å². The van der Waals surface area contributed by atoms with E-state index >= 15 is 0 Å². The highest BCUT2D eigenvalue weighted by Crippen LogP contribution is 2.48. The normalized spacial score (nSPS) is 10.8. The molecule has 136 valence electrons. The van der Waals surface area contributed by atoms with Crippen LogP contribution in [0.2, 0.25) is 25.1 Å². The van der Waals surface area contributed by atoms with Gasteiger partial charge in [-0.25, -0.2) is 0 Å². The zero-order chi connectivity index (χ0) is 18.6. The van der Waals surface area contributed by atoms with Crippen LogP contribution in [0, 0.1) is 0 Å². The lowest BCUT2D eigenvalue weighted by Crippen LogP contribution is -2.23. The highest BCUT2D eigenvalue weighted by Gasteiger charge is 2.21. The lowest BCUT2D eigenvalue weighted by molar-refractivity contribution is 0.0921. The van der Waals surface area contributed by atoms with E-state index in [9.17, 15) is 4.79 Å². The van der Waals surface area contributed by atoms with Gasteiger partial charge in [-0.3, -0.25) is 4.79 Å². The van der Waals surface area contributed by atoms with Crippen molar-refractivity contribution in [2.24, 2.45) is 0 Å². The van der Waals surface area contributed by atoms with Crippen molar-refractivity contribution in [3.05, 3.63) is 48.8 Å². The summed E-state index contributed by atoms with van der Waals surface area (Å²) in [6.07, 6.45) is 1.89. The molecule has 9 heteroatoms. The van der Waals surface area contributed by atoms with Gasteiger partial charge >= 0.3 is 0 Å². The maximum atomic E-state index is 11.9. The molecule has 0 saturated heterocycles. The van der Waals surface area contributed by atoms with Gasteiger partial charge in [-0.2, -0.15) is 0 Å². The summed E-state index contributed by atoms with van der Waals surface area (Å²) >= 11 is 30.1. The number of hydrogen-bond donors (Lipinski definition) is 1. The van der Waals surface area contributed by atoms with E-state index in [1.807, 2.05) is 6.92 Å². The van der Waals surface area contributed by atoms with Gasteiger partial charge in [0.1, 0.15) is 22.4 Å². The van der Waals surface area contributed by atoms with Crippen LogP contribution in [0.3, 0.4) is 0 Å². The maximum absolute atomic E-state index is 11.9. The van der Waals surface area contributed by atoms with Crippen LogP contribution in [-0.2, 0) is 6.61 Å². The van der Waals surface area contributed by atoms with E-state index in [4.69, 9.17) is 67.2 Å². The summed E-state index contributed by atoms with van der Waals surface area (Å²) in [5.74, 6) is 0.412. The fraction of sp³-hybridized carbons (Fsp3) is 0.312. The number of hydrogen-bond acceptors (Lipinski definition) is 3. The zero-order valence-corrected chi connectivity index (χ0v) is 16.9. The number of carbonyl (C=O) groups excluding carboxylic acids is 1. The Morgan fingerprint density at radius 2 is 1.64 bits per heavy atom. The summed E-state index contributed by atoms with van der Waals surface area (Å²) in [6, 6.07) is 3.18. The van der Waals surface area contributed by atoms with Crippen molar-refractivity contribution in [1.82, 2.24) is 5.32 Å². The second kappa shape index (κ2) is 9.24. The van der Waals surface area contributed by atoms with Crippen LogP contribution in [0.25, 0.3) is 0 Å². The number of ether oxygens (including phenoxy) is 1. The Bertz CT molecular complexity index is 746. The van der Waals surface area contributed by atoms with Gasteiger partial charge in [0.25, 0.3) is 5.91 Å². The number of carbonyl (C=O) groups is 1. The number of benzene rings is 1. The first-order valence-corrected chi connectivity index (χ1v) is 9.26. The van der Waals surface area contributed by atoms with Crippen molar-refractivity contribution in [2.75, 3.05) is 6.54 Å². The first-order valence-electron chi connectivity index (χ1n) is 7.37. The average Bonchev–Trinajstić information content (AvgIpc) is 3.07. The molecule has 2 rings (SSSR count). The van der Waals surface area contributed by atoms with Crippen molar-refractivity contribution >= 4 is 63.9 Å². The molecule has 4 nitrogen and oxygen atoms in total. The number of amides is 1. The SMILES string of the molecule is CCCCNC(=O)c1ccc(COc2c(Cl)c(Cl)c(Cl)c(Cl)c2Cl)o1. The summed E-state index contributed by atoms with van der Waals surface area (Å²) in [7, 11) is 0. The number of rotatable bonds is 7. The molecule has 0 atom stereocenters. The van der Waals surface area contributed by atoms with Gasteiger partial charge in [0.05, 0.1) is 15.1 Å². The molecule has 0 saturated carbocycles. The molecule has 1 heterocycles. The Balaban J connectivity index is 2.07. The maximum Gasteiger partial charge on any atom is 0.286 e. The number of nitrogens with one attached hydrogen (secondary N) is 1. The molecule has 0 radical (unpaired) electrons. The molecular formula is C16H14Cl5NO3. The van der Waals surface area contributed by atoms with Crippen LogP contribution in [0.1, 0.15) is 36.1 Å². The van der Waals surface area contributed by atoms with Gasteiger partial charge in [-0.05, 0) is 18.6 Å². The molecule has 1 amide bonds. The molecule has 2 aromatic rings. The second-order valence-electron chi connectivity index (χ2n) is 5.06. The second-order valence-corrected chi connectivity index (χ2v) is 6.95. The smallest absolute Gasteiger partial charge is 0.286 e. The minimum atomic E-state index is -0.284. The molecule has 0 aliphatic carbocycles. The van der Waals surface area contributed by atoms with E-state index in [2.05, 4.69) is 5.32 Å². The molecule has 0 bridgehead atoms. The molecule has 1 N–H and O–H groups in total. The average molecular weight is 446 g/mol. The largest absolute Gasteiger partial charge is 0.482 e. The van der Waals surface area contributed by atoms with Gasteiger partial charge < -0.3 is 14.5 Å². The van der Waals surface area contributed by atoms with Gasteiger partial charge in [0, 0.05) is 6.54 Å². The Kier molecular flexibility index (Phi) is 7.59. The Labute approximate surface area is 170 Å². The lowest BCUT2D eigenvalue weighted by atomic mass is 10.3. The van der Waals surface area contributed by atoms with Crippen LogP contribution in [0.4, 0.5) is 0 Å². The highest BCUT2D eigenvalue weighted by atomic mass is 35.5. The van der Waals surface area contributed by atoms with Crippen LogP contribution in [-0.4, -0.2) is 12.5 Å². The molecule has 25 heavy (non-hydrogen) atoms. The Hall–Kier alpha value is -0.780. The van der Waals surface area contributed by atoms with Crippen molar-refractivity contribution in [3.8, 4) is 5.75 Å². The van der Waals surface area contributed by atoms with Crippen LogP contribution >= 0.6 is 58.0 Å². The molecule has 0 aliphatic heterocycles. The van der Waals surface area contributed by atoms with Crippen LogP contribution in [0.5, 0.6) is 5.75 Å². The molecule has 1 aromatic heterocycles. The van der Waals surface area contributed by atoms with E-state index in [0.29, 0.717) is 12.3 Å². The minimum Gasteiger partial charge on any atom is -0.482 e. The van der Waals surface area contributed by atoms with Gasteiger partial charge in [0.15, 0.2) is 11.5 Å². The zero-order valence-electron chi connectivity index (χ0n) is 13.1. The van der Waals surface area contributed by atoms with E-state index in [1.54, 1.807) is 12.1 Å². The van der Waals surface area contributed by atoms with Crippen molar-refractivity contribution in [3.63, 3.8) is 0 Å². The third-order valence-corrected chi connectivity index (χ3v) is 5.47. The molecule has 0 spiro atoms. The van der Waals surface area contributed by atoms with E-state index < -0.39 is 0 Å². The molecular weight excluding hydrogens is 431 g/mol. The van der Waals surface area contributed by atoms with Crippen LogP contribution in [0.15, 0.2) is 16.5 Å². The lowest BCUT2D eigenvalue weighted by Gasteiger charge is -2.12. The van der Waals surface area contributed by atoms with E-state index in [1.165, 1.54) is 0 Å². The summed E-state index contributed by atoms with van der Waals surface area (Å²) in [5, 5.41) is 2.99. The first kappa shape index (κ1) is 20.5. The monoisotopic (exact) mass is 443 g/mol. The quantitative estimate of drug-likeness (QED) is 0.295. The predicted octanol–water partition coefficient (Wildman–Crippen LogP) is 6.66. The van der Waals surface area contributed by atoms with Crippen molar-refractivity contribution in [2.45, 2.75) is 26.4 Å². The highest BCUT2D eigenvalue weighted by molar-refractivity contribution is 6.55. The minimum absolute atomic E-state index is 0.0179. The molecule has 1 aromatic carbocycles. The molecule has 0 fully saturated rings. The Morgan fingerprint density at radius 1 is 1.04 bits per heavy atom. The van der Waals surface area contributed by atoms with Gasteiger partial charge in [0.2, 0.25) is 0 Å². The van der Waals surface area contributed by atoms with E-state index in [0.717, 1.165) is 12.8 Å². The number of unbranched alkanes of at least 4 members (excludes halogenated alkanes) is 1. The summed E-state index contributed by atoms with van der Waals surface area (Å²) in [4.78, 5) is 11.9. The topological polar surface area (TPSA) is 51.5 Å². The molecule has 0 unspecified atom stereocenters. The molecule has 0 aliphatic rings. The number of halogens is 5. The summed E-state index contributed by atoms with van der Waals surface area (Å²) in [5.41, 5.74) is 0. The third kappa shape index (κ3) is 4.89. The Morgan fingerprint density at radius 3 is 2.24 bits per heavy atom. The fourth-order valence-electron chi connectivity index (χ4n) is 1.90. The predicted molar refractivity (Wildman–Crippen MR) is 102 cm³/mol. The summed E-state index contributed by atoms with van der Waals surface area (Å²) < 4.78 is 11.0. The van der Waals surface area contributed by atoms with Crippen LogP contribution < -0.4 is 10.1 Å². The van der Waals surface area contributed by atoms with Gasteiger partial charge in [-0.1, -0.05) is 71.3 Å². The third-order valence-electron chi connectivity index (χ3n) is 3.23. The fourth-order valence-corrected chi connectivity index (χ4v) is 3.13. The standard InChI is InChI=1S/C16H14Cl5NO3/c1-2-3-6-22-16(23)9-5-4-8(25-9)7-24-15-13(20)11(18)10(17)12(19)14(15)21/h4-5H,2-3,6-7H2,1H3,(H,22,23). The van der Waals surface area contributed by atoms with Crippen molar-refractivity contribution in [1.29, 1.82) is 0 Å². The first-order chi connectivity index (χ1) is 11.9. The van der Waals surface area contributed by atoms with E-state index in [-0.39, 0.29) is 49.1 Å². The van der Waals surface area contributed by atoms with Crippen molar-refractivity contribution < 1.29 is 13.9 Å².